The molecule has 0 bridgehead atoms. The lowest BCUT2D eigenvalue weighted by atomic mass is 9.79. The van der Waals surface area contributed by atoms with Gasteiger partial charge in [0.25, 0.3) is 0 Å². The summed E-state index contributed by atoms with van der Waals surface area (Å²) in [6.45, 7) is 12.7. The number of benzene rings is 1. The summed E-state index contributed by atoms with van der Waals surface area (Å²) in [6.07, 6.45) is 0. The Morgan fingerprint density at radius 3 is 1.85 bits per heavy atom. The molecule has 0 unspecified atom stereocenters. The summed E-state index contributed by atoms with van der Waals surface area (Å²) in [7, 11) is 2.98. The van der Waals surface area contributed by atoms with E-state index in [4.69, 9.17) is 9.47 Å². The van der Waals surface area contributed by atoms with Crippen LogP contribution >= 0.6 is 0 Å². The van der Waals surface area contributed by atoms with E-state index in [0.29, 0.717) is 11.3 Å². The Bertz CT molecular complexity index is 502. The minimum Gasteiger partial charge on any atom is -0.496 e. The van der Waals surface area contributed by atoms with Crippen LogP contribution < -0.4 is 4.74 Å². The summed E-state index contributed by atoms with van der Waals surface area (Å²) in [5.41, 5.74) is 2.45. The maximum atomic E-state index is 12.0. The third-order valence-electron chi connectivity index (χ3n) is 3.37. The molecule has 1 aromatic rings. The summed E-state index contributed by atoms with van der Waals surface area (Å²) in [5.74, 6) is 0.246. The zero-order chi connectivity index (χ0) is 15.7. The van der Waals surface area contributed by atoms with Crippen molar-refractivity contribution in [3.8, 4) is 5.75 Å². The van der Waals surface area contributed by atoms with E-state index in [1.165, 1.54) is 7.11 Å². The topological polar surface area (TPSA) is 35.5 Å². The number of methoxy groups -OCH3 is 2. The van der Waals surface area contributed by atoms with Crippen LogP contribution in [0.4, 0.5) is 0 Å². The van der Waals surface area contributed by atoms with Crippen LogP contribution in [0.3, 0.4) is 0 Å². The Labute approximate surface area is 122 Å². The van der Waals surface area contributed by atoms with Gasteiger partial charge in [-0.3, -0.25) is 0 Å². The predicted octanol–water partition coefficient (Wildman–Crippen LogP) is 4.08. The Morgan fingerprint density at radius 1 is 0.950 bits per heavy atom. The molecule has 20 heavy (non-hydrogen) atoms. The summed E-state index contributed by atoms with van der Waals surface area (Å²) in [4.78, 5) is 12.0. The maximum absolute atomic E-state index is 12.0. The average molecular weight is 278 g/mol. The molecule has 0 heterocycles. The van der Waals surface area contributed by atoms with Crippen LogP contribution in [0.1, 0.15) is 63.0 Å². The van der Waals surface area contributed by atoms with Crippen LogP contribution in [0.2, 0.25) is 0 Å². The lowest BCUT2D eigenvalue weighted by Gasteiger charge is -2.28. The number of rotatable bonds is 2. The van der Waals surface area contributed by atoms with E-state index in [-0.39, 0.29) is 16.8 Å². The van der Waals surface area contributed by atoms with Crippen molar-refractivity contribution in [3.05, 3.63) is 28.8 Å². The van der Waals surface area contributed by atoms with Gasteiger partial charge in [-0.2, -0.15) is 0 Å². The van der Waals surface area contributed by atoms with Gasteiger partial charge in [-0.25, -0.2) is 4.79 Å². The van der Waals surface area contributed by atoms with Crippen molar-refractivity contribution in [2.24, 2.45) is 0 Å². The number of hydrogen-bond acceptors (Lipinski definition) is 3. The van der Waals surface area contributed by atoms with Gasteiger partial charge in [0, 0.05) is 5.56 Å². The monoisotopic (exact) mass is 278 g/mol. The molecule has 0 amide bonds. The van der Waals surface area contributed by atoms with Gasteiger partial charge in [-0.15, -0.1) is 0 Å². The quantitative estimate of drug-likeness (QED) is 0.765. The molecule has 3 nitrogen and oxygen atoms in total. The van der Waals surface area contributed by atoms with Crippen LogP contribution in [-0.2, 0) is 15.6 Å². The van der Waals surface area contributed by atoms with Gasteiger partial charge in [-0.1, -0.05) is 47.6 Å². The number of carbonyl (C=O) groups excluding carboxylic acids is 1. The molecule has 0 fully saturated rings. The minimum atomic E-state index is -0.363. The highest BCUT2D eigenvalue weighted by Gasteiger charge is 2.28. The van der Waals surface area contributed by atoms with Crippen LogP contribution in [0.15, 0.2) is 12.1 Å². The van der Waals surface area contributed by atoms with E-state index >= 15 is 0 Å². The molecule has 0 aliphatic rings. The molecule has 1 aromatic carbocycles. The molecular formula is C17H26O3. The van der Waals surface area contributed by atoms with Crippen molar-refractivity contribution in [3.63, 3.8) is 0 Å². The minimum absolute atomic E-state index is 0.0466. The maximum Gasteiger partial charge on any atom is 0.341 e. The average Bonchev–Trinajstić information content (AvgIpc) is 2.33. The van der Waals surface area contributed by atoms with Gasteiger partial charge >= 0.3 is 5.97 Å². The lowest BCUT2D eigenvalue weighted by Crippen LogP contribution is -2.20. The molecule has 0 spiro atoms. The Hall–Kier alpha value is -1.51. The molecule has 1 rings (SSSR count). The van der Waals surface area contributed by atoms with E-state index < -0.39 is 0 Å². The molecule has 0 aromatic heterocycles. The van der Waals surface area contributed by atoms with Crippen molar-refractivity contribution in [1.82, 2.24) is 0 Å². The highest BCUT2D eigenvalue weighted by Crippen LogP contribution is 2.38. The van der Waals surface area contributed by atoms with E-state index in [2.05, 4.69) is 47.6 Å². The van der Waals surface area contributed by atoms with Gasteiger partial charge in [-0.05, 0) is 22.5 Å². The molecule has 0 N–H and O–H groups in total. The standard InChI is InChI=1S/C17H26O3/c1-16(2,3)11-9-12(15(18)20-8)14(19-7)13(10-11)17(4,5)6/h9-10H,1-8H3. The van der Waals surface area contributed by atoms with Gasteiger partial charge < -0.3 is 9.47 Å². The summed E-state index contributed by atoms with van der Waals surface area (Å²) < 4.78 is 10.4. The first-order chi connectivity index (χ1) is 9.02. The summed E-state index contributed by atoms with van der Waals surface area (Å²) >= 11 is 0. The van der Waals surface area contributed by atoms with Crippen molar-refractivity contribution < 1.29 is 14.3 Å². The third-order valence-corrected chi connectivity index (χ3v) is 3.37. The molecule has 0 saturated carbocycles. The van der Waals surface area contributed by atoms with E-state index in [1.807, 2.05) is 6.07 Å². The SMILES string of the molecule is COC(=O)c1cc(C(C)(C)C)cc(C(C)(C)C)c1OC. The summed E-state index contributed by atoms with van der Waals surface area (Å²) in [6, 6.07) is 4.01. The highest BCUT2D eigenvalue weighted by molar-refractivity contribution is 5.93. The number of ether oxygens (including phenoxy) is 2. The second-order valence-electron chi connectivity index (χ2n) is 7.10. The van der Waals surface area contributed by atoms with Crippen molar-refractivity contribution >= 4 is 5.97 Å². The molecule has 112 valence electrons. The van der Waals surface area contributed by atoms with Crippen LogP contribution in [0.25, 0.3) is 0 Å². The van der Waals surface area contributed by atoms with Crippen molar-refractivity contribution in [2.75, 3.05) is 14.2 Å². The first-order valence-electron chi connectivity index (χ1n) is 6.83. The second kappa shape index (κ2) is 5.47. The van der Waals surface area contributed by atoms with Crippen LogP contribution in [-0.4, -0.2) is 20.2 Å². The second-order valence-corrected chi connectivity index (χ2v) is 7.10. The smallest absolute Gasteiger partial charge is 0.341 e. The first-order valence-corrected chi connectivity index (χ1v) is 6.83. The highest BCUT2D eigenvalue weighted by atomic mass is 16.5. The van der Waals surface area contributed by atoms with Gasteiger partial charge in [0.05, 0.1) is 14.2 Å². The normalized spacial score (nSPS) is 12.2. The van der Waals surface area contributed by atoms with Crippen molar-refractivity contribution in [1.29, 1.82) is 0 Å². The first kappa shape index (κ1) is 16.5. The Kier molecular flexibility index (Phi) is 4.52. The predicted molar refractivity (Wildman–Crippen MR) is 81.7 cm³/mol. The Balaban J connectivity index is 3.70. The molecule has 0 aliphatic carbocycles. The fourth-order valence-electron chi connectivity index (χ4n) is 2.10. The van der Waals surface area contributed by atoms with E-state index in [0.717, 1.165) is 11.1 Å². The van der Waals surface area contributed by atoms with Crippen molar-refractivity contribution in [2.45, 2.75) is 52.4 Å². The largest absolute Gasteiger partial charge is 0.496 e. The molecular weight excluding hydrogens is 252 g/mol. The fraction of sp³-hybridized carbons (Fsp3) is 0.588. The lowest BCUT2D eigenvalue weighted by molar-refractivity contribution is 0.0596. The molecule has 0 aliphatic heterocycles. The molecule has 3 heteroatoms. The molecule has 0 atom stereocenters. The van der Waals surface area contributed by atoms with Gasteiger partial charge in [0.2, 0.25) is 0 Å². The number of esters is 1. The van der Waals surface area contributed by atoms with E-state index in [1.54, 1.807) is 7.11 Å². The van der Waals surface area contributed by atoms with Gasteiger partial charge in [0.15, 0.2) is 0 Å². The summed E-state index contributed by atoms with van der Waals surface area (Å²) in [5, 5.41) is 0. The Morgan fingerprint density at radius 2 is 1.50 bits per heavy atom. The fourth-order valence-corrected chi connectivity index (χ4v) is 2.10. The number of hydrogen-bond donors (Lipinski definition) is 0. The van der Waals surface area contributed by atoms with Crippen LogP contribution in [0.5, 0.6) is 5.75 Å². The molecule has 0 saturated heterocycles. The van der Waals surface area contributed by atoms with Gasteiger partial charge in [0.1, 0.15) is 11.3 Å². The number of carbonyl (C=O) groups is 1. The zero-order valence-electron chi connectivity index (χ0n) is 13.9. The van der Waals surface area contributed by atoms with E-state index in [9.17, 15) is 4.79 Å². The van der Waals surface area contributed by atoms with Crippen LogP contribution in [0, 0.1) is 0 Å². The third kappa shape index (κ3) is 3.33. The molecule has 0 radical (unpaired) electrons. The zero-order valence-corrected chi connectivity index (χ0v) is 13.9.